The topological polar surface area (TPSA) is 107 Å². The van der Waals surface area contributed by atoms with E-state index in [9.17, 15) is 9.59 Å². The second-order valence-electron chi connectivity index (χ2n) is 8.00. The van der Waals surface area contributed by atoms with Gasteiger partial charge in [0.25, 0.3) is 11.8 Å². The molecule has 0 atom stereocenters. The van der Waals surface area contributed by atoms with Crippen molar-refractivity contribution in [3.8, 4) is 23.0 Å². The van der Waals surface area contributed by atoms with Crippen molar-refractivity contribution in [2.45, 2.75) is 13.8 Å². The molecule has 2 N–H and O–H groups in total. The van der Waals surface area contributed by atoms with Crippen molar-refractivity contribution in [1.82, 2.24) is 5.43 Å². The number of hydrazone groups is 1. The van der Waals surface area contributed by atoms with Crippen LogP contribution in [0.5, 0.6) is 23.0 Å². The summed E-state index contributed by atoms with van der Waals surface area (Å²) >= 11 is 12.3. The number of nitrogens with zero attached hydrogens (tertiary/aromatic N) is 1. The van der Waals surface area contributed by atoms with Crippen LogP contribution in [-0.2, 0) is 4.79 Å². The van der Waals surface area contributed by atoms with Crippen molar-refractivity contribution in [2.24, 2.45) is 5.10 Å². The lowest BCUT2D eigenvalue weighted by Crippen LogP contribution is -2.20. The Morgan fingerprint density at radius 3 is 2.33 bits per heavy atom. The molecule has 0 aliphatic carbocycles. The second-order valence-corrected chi connectivity index (χ2v) is 8.84. The largest absolute Gasteiger partial charge is 0.490 e. The molecule has 2 amide bonds. The summed E-state index contributed by atoms with van der Waals surface area (Å²) in [4.78, 5) is 25.0. The van der Waals surface area contributed by atoms with E-state index >= 15 is 0 Å². The highest BCUT2D eigenvalue weighted by molar-refractivity contribution is 6.32. The number of amides is 2. The molecule has 0 fully saturated rings. The van der Waals surface area contributed by atoms with Crippen LogP contribution in [0.2, 0.25) is 10.0 Å². The molecule has 0 saturated carbocycles. The van der Waals surface area contributed by atoms with Gasteiger partial charge in [-0.05, 0) is 74.0 Å². The Morgan fingerprint density at radius 2 is 1.62 bits per heavy atom. The van der Waals surface area contributed by atoms with Gasteiger partial charge in [0.05, 0.1) is 24.5 Å². The van der Waals surface area contributed by atoms with Gasteiger partial charge in [0.2, 0.25) is 0 Å². The predicted octanol–water partition coefficient (Wildman–Crippen LogP) is 6.14. The number of hydrogen-bond donors (Lipinski definition) is 2. The lowest BCUT2D eigenvalue weighted by atomic mass is 10.2. The maximum atomic E-state index is 12.7. The molecule has 3 aromatic rings. The average molecular weight is 586 g/mol. The van der Waals surface area contributed by atoms with E-state index in [0.29, 0.717) is 58.9 Å². The Bertz CT molecular complexity index is 1360. The van der Waals surface area contributed by atoms with Gasteiger partial charge in [0.1, 0.15) is 6.61 Å². The number of carbonyl (C=O) groups excluding carboxylic acids is 2. The number of benzene rings is 3. The van der Waals surface area contributed by atoms with E-state index in [1.807, 2.05) is 6.92 Å². The summed E-state index contributed by atoms with van der Waals surface area (Å²) in [6, 6.07) is 14.7. The summed E-state index contributed by atoms with van der Waals surface area (Å²) in [7, 11) is 0. The number of hydrogen-bond acceptors (Lipinski definition) is 7. The first-order valence-corrected chi connectivity index (χ1v) is 13.1. The smallest absolute Gasteiger partial charge is 0.271 e. The molecule has 0 radical (unpaired) electrons. The molecule has 3 rings (SSSR count). The van der Waals surface area contributed by atoms with E-state index in [2.05, 4.69) is 22.4 Å². The standard InChI is InChI=1S/C29H29Cl2N3O6/c1-4-13-39-24-12-7-20(16-25(24)37-5-2)29(36)34-32-17-19-14-23(31)28(26(15-19)38-6-3)40-18-27(35)33-22-10-8-21(30)9-11-22/h4,7-12,14-17H,1,5-6,13,18H2,2-3H3,(H,33,35)(H,34,36)/b32-17+. The summed E-state index contributed by atoms with van der Waals surface area (Å²) in [5.74, 6) is 0.630. The summed E-state index contributed by atoms with van der Waals surface area (Å²) in [6.45, 7) is 8.01. The Labute approximate surface area is 242 Å². The summed E-state index contributed by atoms with van der Waals surface area (Å²) in [5, 5.41) is 7.50. The van der Waals surface area contributed by atoms with Gasteiger partial charge in [0.15, 0.2) is 29.6 Å². The van der Waals surface area contributed by atoms with E-state index in [1.165, 1.54) is 6.21 Å². The zero-order valence-corrected chi connectivity index (χ0v) is 23.6. The van der Waals surface area contributed by atoms with Crippen LogP contribution in [0.4, 0.5) is 5.69 Å². The van der Waals surface area contributed by atoms with Gasteiger partial charge in [-0.15, -0.1) is 0 Å². The quantitative estimate of drug-likeness (QED) is 0.134. The number of ether oxygens (including phenoxy) is 4. The fourth-order valence-electron chi connectivity index (χ4n) is 3.35. The van der Waals surface area contributed by atoms with E-state index < -0.39 is 5.91 Å². The first kappa shape index (κ1) is 30.3. The molecule has 3 aromatic carbocycles. The highest BCUT2D eigenvalue weighted by atomic mass is 35.5. The number of rotatable bonds is 14. The van der Waals surface area contributed by atoms with Crippen molar-refractivity contribution in [3.05, 3.63) is 88.4 Å². The van der Waals surface area contributed by atoms with Crippen LogP contribution in [0.25, 0.3) is 0 Å². The molecule has 0 spiro atoms. The molecule has 0 aliphatic rings. The summed E-state index contributed by atoms with van der Waals surface area (Å²) in [6.07, 6.45) is 3.03. The van der Waals surface area contributed by atoms with E-state index in [4.69, 9.17) is 42.1 Å². The van der Waals surface area contributed by atoms with Crippen molar-refractivity contribution < 1.29 is 28.5 Å². The minimum Gasteiger partial charge on any atom is -0.490 e. The SMILES string of the molecule is C=CCOc1ccc(C(=O)N/N=C/c2cc(Cl)c(OCC(=O)Nc3ccc(Cl)cc3)c(OCC)c2)cc1OCC. The Morgan fingerprint density at radius 1 is 0.900 bits per heavy atom. The summed E-state index contributed by atoms with van der Waals surface area (Å²) in [5.41, 5.74) is 3.92. The maximum absolute atomic E-state index is 12.7. The van der Waals surface area contributed by atoms with Crippen LogP contribution in [-0.4, -0.2) is 44.5 Å². The minimum atomic E-state index is -0.449. The number of anilines is 1. The van der Waals surface area contributed by atoms with Gasteiger partial charge in [-0.25, -0.2) is 5.43 Å². The first-order chi connectivity index (χ1) is 19.3. The summed E-state index contributed by atoms with van der Waals surface area (Å²) < 4.78 is 22.5. The normalized spacial score (nSPS) is 10.6. The van der Waals surface area contributed by atoms with E-state index in [-0.39, 0.29) is 23.3 Å². The zero-order chi connectivity index (χ0) is 28.9. The lowest BCUT2D eigenvalue weighted by molar-refractivity contribution is -0.118. The molecular formula is C29H29Cl2N3O6. The van der Waals surface area contributed by atoms with Crippen LogP contribution in [0.3, 0.4) is 0 Å². The van der Waals surface area contributed by atoms with Crippen molar-refractivity contribution >= 4 is 46.9 Å². The number of carbonyl (C=O) groups is 2. The highest BCUT2D eigenvalue weighted by Gasteiger charge is 2.15. The molecule has 210 valence electrons. The molecule has 40 heavy (non-hydrogen) atoms. The van der Waals surface area contributed by atoms with Crippen LogP contribution in [0, 0.1) is 0 Å². The van der Waals surface area contributed by atoms with E-state index in [0.717, 1.165) is 0 Å². The molecule has 0 aliphatic heterocycles. The van der Waals surface area contributed by atoms with Crippen molar-refractivity contribution in [2.75, 3.05) is 31.7 Å². The molecule has 0 saturated heterocycles. The van der Waals surface area contributed by atoms with Crippen LogP contribution < -0.4 is 29.7 Å². The van der Waals surface area contributed by atoms with Crippen molar-refractivity contribution in [3.63, 3.8) is 0 Å². The zero-order valence-electron chi connectivity index (χ0n) is 22.0. The van der Waals surface area contributed by atoms with Crippen LogP contribution in [0.15, 0.2) is 72.4 Å². The predicted molar refractivity (Wildman–Crippen MR) is 157 cm³/mol. The van der Waals surface area contributed by atoms with E-state index in [1.54, 1.807) is 67.6 Å². The van der Waals surface area contributed by atoms with Gasteiger partial charge < -0.3 is 24.3 Å². The third-order valence-electron chi connectivity index (χ3n) is 5.05. The molecule has 0 unspecified atom stereocenters. The molecular weight excluding hydrogens is 557 g/mol. The van der Waals surface area contributed by atoms with Gasteiger partial charge >= 0.3 is 0 Å². The average Bonchev–Trinajstić information content (AvgIpc) is 2.93. The first-order valence-electron chi connectivity index (χ1n) is 12.3. The molecule has 9 nitrogen and oxygen atoms in total. The Hall–Kier alpha value is -4.21. The fourth-order valence-corrected chi connectivity index (χ4v) is 3.75. The van der Waals surface area contributed by atoms with Gasteiger partial charge in [-0.3, -0.25) is 9.59 Å². The van der Waals surface area contributed by atoms with Gasteiger partial charge in [-0.2, -0.15) is 5.10 Å². The lowest BCUT2D eigenvalue weighted by Gasteiger charge is -2.14. The van der Waals surface area contributed by atoms with Crippen LogP contribution in [0.1, 0.15) is 29.8 Å². The number of halogens is 2. The third kappa shape index (κ3) is 8.93. The molecule has 0 heterocycles. The van der Waals surface area contributed by atoms with Crippen LogP contribution >= 0.6 is 23.2 Å². The molecule has 11 heteroatoms. The fraction of sp³-hybridized carbons (Fsp3) is 0.207. The molecule has 0 bridgehead atoms. The molecule has 0 aromatic heterocycles. The Balaban J connectivity index is 1.66. The Kier molecular flexibility index (Phi) is 11.7. The third-order valence-corrected chi connectivity index (χ3v) is 5.58. The second kappa shape index (κ2) is 15.4. The van der Waals surface area contributed by atoms with Gasteiger partial charge in [0, 0.05) is 16.3 Å². The van der Waals surface area contributed by atoms with Crippen molar-refractivity contribution in [1.29, 1.82) is 0 Å². The monoisotopic (exact) mass is 585 g/mol. The minimum absolute atomic E-state index is 0.203. The maximum Gasteiger partial charge on any atom is 0.271 e. The highest BCUT2D eigenvalue weighted by Crippen LogP contribution is 2.36. The van der Waals surface area contributed by atoms with Gasteiger partial charge in [-0.1, -0.05) is 35.9 Å². The number of nitrogens with one attached hydrogen (secondary N) is 2.